The van der Waals surface area contributed by atoms with Crippen LogP contribution >= 0.6 is 23.8 Å². The fraction of sp³-hybridized carbons (Fsp3) is 0.467. The number of methoxy groups -OCH3 is 1. The highest BCUT2D eigenvalue weighted by atomic mass is 35.5. The maximum Gasteiger partial charge on any atom is 0.337 e. The van der Waals surface area contributed by atoms with Crippen LogP contribution in [0.5, 0.6) is 0 Å². The zero-order valence-corrected chi connectivity index (χ0v) is 14.5. The molecule has 0 atom stereocenters. The van der Waals surface area contributed by atoms with Gasteiger partial charge < -0.3 is 20.1 Å². The molecule has 122 valence electrons. The van der Waals surface area contributed by atoms with E-state index in [1.165, 1.54) is 7.11 Å². The van der Waals surface area contributed by atoms with Crippen molar-refractivity contribution >= 4 is 40.6 Å². The van der Waals surface area contributed by atoms with Crippen LogP contribution in [-0.2, 0) is 9.47 Å². The summed E-state index contributed by atoms with van der Waals surface area (Å²) < 4.78 is 10.1. The van der Waals surface area contributed by atoms with Gasteiger partial charge in [0.1, 0.15) is 0 Å². The van der Waals surface area contributed by atoms with Gasteiger partial charge in [0.05, 0.1) is 29.5 Å². The Morgan fingerprint density at radius 3 is 2.77 bits per heavy atom. The third kappa shape index (κ3) is 6.60. The molecule has 0 aliphatic carbocycles. The van der Waals surface area contributed by atoms with Crippen LogP contribution in [0.15, 0.2) is 18.2 Å². The molecule has 0 spiro atoms. The molecule has 0 aromatic heterocycles. The summed E-state index contributed by atoms with van der Waals surface area (Å²) in [6.07, 6.45) is 1.07. The molecule has 1 aromatic carbocycles. The molecular weight excluding hydrogens is 324 g/mol. The van der Waals surface area contributed by atoms with E-state index in [2.05, 4.69) is 15.4 Å². The van der Waals surface area contributed by atoms with Crippen molar-refractivity contribution in [2.75, 3.05) is 25.6 Å². The highest BCUT2D eigenvalue weighted by Crippen LogP contribution is 2.23. The Balaban J connectivity index is 2.48. The number of thiocarbonyl (C=S) groups is 1. The molecule has 0 aliphatic heterocycles. The number of hydrogen-bond donors (Lipinski definition) is 2. The number of carbonyl (C=O) groups is 1. The molecule has 0 fully saturated rings. The predicted octanol–water partition coefficient (Wildman–Crippen LogP) is 3.23. The summed E-state index contributed by atoms with van der Waals surface area (Å²) in [4.78, 5) is 11.5. The van der Waals surface area contributed by atoms with Gasteiger partial charge in [-0.3, -0.25) is 0 Å². The number of nitrogens with one attached hydrogen (secondary N) is 2. The number of anilines is 1. The van der Waals surface area contributed by atoms with Crippen LogP contribution in [0.25, 0.3) is 0 Å². The zero-order valence-electron chi connectivity index (χ0n) is 12.9. The maximum absolute atomic E-state index is 11.5. The predicted molar refractivity (Wildman–Crippen MR) is 92.7 cm³/mol. The lowest BCUT2D eigenvalue weighted by molar-refractivity contribution is 0.0600. The van der Waals surface area contributed by atoms with E-state index >= 15 is 0 Å². The minimum atomic E-state index is -0.426. The SMILES string of the molecule is COC(=O)c1ccc(Cl)c(NC(=S)NCCCOC(C)C)c1. The van der Waals surface area contributed by atoms with Gasteiger partial charge in [-0.05, 0) is 50.7 Å². The lowest BCUT2D eigenvalue weighted by Gasteiger charge is -2.13. The maximum atomic E-state index is 11.5. The quantitative estimate of drug-likeness (QED) is 0.450. The molecule has 1 rings (SSSR count). The Bertz CT molecular complexity index is 524. The summed E-state index contributed by atoms with van der Waals surface area (Å²) in [7, 11) is 1.33. The van der Waals surface area contributed by atoms with Crippen molar-refractivity contribution in [3.63, 3.8) is 0 Å². The first-order valence-electron chi connectivity index (χ1n) is 6.98. The minimum Gasteiger partial charge on any atom is -0.465 e. The molecule has 0 aliphatic rings. The van der Waals surface area contributed by atoms with Crippen molar-refractivity contribution < 1.29 is 14.3 Å². The number of hydrogen-bond acceptors (Lipinski definition) is 4. The molecule has 0 heterocycles. The Hall–Kier alpha value is -1.37. The second-order valence-corrected chi connectivity index (χ2v) is 5.66. The number of ether oxygens (including phenoxy) is 2. The second-order valence-electron chi connectivity index (χ2n) is 4.84. The van der Waals surface area contributed by atoms with Gasteiger partial charge in [-0.25, -0.2) is 4.79 Å². The monoisotopic (exact) mass is 344 g/mol. The standard InChI is InChI=1S/C15H21ClN2O3S/c1-10(2)21-8-4-7-17-15(22)18-13-9-11(14(19)20-3)5-6-12(13)16/h5-6,9-10H,4,7-8H2,1-3H3,(H2,17,18,22). The molecule has 0 bridgehead atoms. The molecule has 0 radical (unpaired) electrons. The molecule has 22 heavy (non-hydrogen) atoms. The largest absolute Gasteiger partial charge is 0.465 e. The van der Waals surface area contributed by atoms with Crippen molar-refractivity contribution in [2.45, 2.75) is 26.4 Å². The highest BCUT2D eigenvalue weighted by Gasteiger charge is 2.09. The topological polar surface area (TPSA) is 59.6 Å². The first kappa shape index (κ1) is 18.7. The van der Waals surface area contributed by atoms with Crippen LogP contribution in [0.2, 0.25) is 5.02 Å². The molecule has 7 heteroatoms. The van der Waals surface area contributed by atoms with E-state index in [1.54, 1.807) is 18.2 Å². The van der Waals surface area contributed by atoms with Gasteiger partial charge >= 0.3 is 5.97 Å². The summed E-state index contributed by atoms with van der Waals surface area (Å²) in [5.41, 5.74) is 0.961. The van der Waals surface area contributed by atoms with Gasteiger partial charge in [0.2, 0.25) is 0 Å². The van der Waals surface area contributed by atoms with E-state index in [9.17, 15) is 4.79 Å². The Labute approximate surface area is 141 Å². The highest BCUT2D eigenvalue weighted by molar-refractivity contribution is 7.80. The normalized spacial score (nSPS) is 10.4. The smallest absolute Gasteiger partial charge is 0.337 e. The van der Waals surface area contributed by atoms with E-state index < -0.39 is 5.97 Å². The van der Waals surface area contributed by atoms with E-state index in [1.807, 2.05) is 13.8 Å². The summed E-state index contributed by atoms with van der Waals surface area (Å²) in [6.45, 7) is 5.35. The first-order valence-corrected chi connectivity index (χ1v) is 7.77. The third-order valence-corrected chi connectivity index (χ3v) is 3.27. The van der Waals surface area contributed by atoms with Crippen LogP contribution in [0.1, 0.15) is 30.6 Å². The van der Waals surface area contributed by atoms with Gasteiger partial charge in [0.25, 0.3) is 0 Å². The van der Waals surface area contributed by atoms with Crippen LogP contribution in [-0.4, -0.2) is 37.4 Å². The van der Waals surface area contributed by atoms with Crippen LogP contribution in [0.3, 0.4) is 0 Å². The number of benzene rings is 1. The molecule has 0 saturated carbocycles. The van der Waals surface area contributed by atoms with Gasteiger partial charge in [-0.1, -0.05) is 11.6 Å². The van der Waals surface area contributed by atoms with Gasteiger partial charge in [-0.2, -0.15) is 0 Å². The second kappa shape index (κ2) is 9.61. The minimum absolute atomic E-state index is 0.227. The van der Waals surface area contributed by atoms with Crippen molar-refractivity contribution in [3.05, 3.63) is 28.8 Å². The van der Waals surface area contributed by atoms with Crippen LogP contribution in [0, 0.1) is 0 Å². The van der Waals surface area contributed by atoms with Crippen molar-refractivity contribution in [2.24, 2.45) is 0 Å². The molecular formula is C15H21ClN2O3S. The van der Waals surface area contributed by atoms with Crippen molar-refractivity contribution in [3.8, 4) is 0 Å². The number of rotatable bonds is 7. The fourth-order valence-corrected chi connectivity index (χ4v) is 2.00. The lowest BCUT2D eigenvalue weighted by atomic mass is 10.2. The first-order chi connectivity index (χ1) is 10.4. The van der Waals surface area contributed by atoms with Gasteiger partial charge in [0.15, 0.2) is 5.11 Å². The zero-order chi connectivity index (χ0) is 16.5. The van der Waals surface area contributed by atoms with Crippen LogP contribution < -0.4 is 10.6 Å². The van der Waals surface area contributed by atoms with E-state index in [-0.39, 0.29) is 6.10 Å². The average molecular weight is 345 g/mol. The molecule has 0 unspecified atom stereocenters. The third-order valence-electron chi connectivity index (χ3n) is 2.69. The van der Waals surface area contributed by atoms with Crippen molar-refractivity contribution in [1.29, 1.82) is 0 Å². The van der Waals surface area contributed by atoms with Gasteiger partial charge in [0, 0.05) is 13.2 Å². The van der Waals surface area contributed by atoms with E-state index in [0.717, 1.165) is 6.42 Å². The lowest BCUT2D eigenvalue weighted by Crippen LogP contribution is -2.30. The van der Waals surface area contributed by atoms with Gasteiger partial charge in [-0.15, -0.1) is 0 Å². The summed E-state index contributed by atoms with van der Waals surface area (Å²) in [5, 5.41) is 6.94. The number of halogens is 1. The Morgan fingerprint density at radius 1 is 1.41 bits per heavy atom. The fourth-order valence-electron chi connectivity index (χ4n) is 1.63. The molecule has 2 N–H and O–H groups in total. The van der Waals surface area contributed by atoms with Crippen LogP contribution in [0.4, 0.5) is 5.69 Å². The Morgan fingerprint density at radius 2 is 2.14 bits per heavy atom. The van der Waals surface area contributed by atoms with Crippen molar-refractivity contribution in [1.82, 2.24) is 5.32 Å². The number of esters is 1. The Kier molecular flexibility index (Phi) is 8.16. The average Bonchev–Trinajstić information content (AvgIpc) is 2.48. The summed E-state index contributed by atoms with van der Waals surface area (Å²) >= 11 is 11.3. The molecule has 0 saturated heterocycles. The van der Waals surface area contributed by atoms with E-state index in [4.69, 9.17) is 28.6 Å². The molecule has 0 amide bonds. The molecule has 1 aromatic rings. The number of carbonyl (C=O) groups excluding carboxylic acids is 1. The molecule has 5 nitrogen and oxygen atoms in total. The van der Waals surface area contributed by atoms with E-state index in [0.29, 0.717) is 34.5 Å². The summed E-state index contributed by atoms with van der Waals surface area (Å²) in [5.74, 6) is -0.426. The summed E-state index contributed by atoms with van der Waals surface area (Å²) in [6, 6.07) is 4.82.